The highest BCUT2D eigenvalue weighted by molar-refractivity contribution is 7.13. The van der Waals surface area contributed by atoms with Crippen LogP contribution in [0.4, 0.5) is 10.1 Å². The monoisotopic (exact) mass is 399 g/mol. The summed E-state index contributed by atoms with van der Waals surface area (Å²) in [5, 5.41) is 11.8. The van der Waals surface area contributed by atoms with Gasteiger partial charge in [0.15, 0.2) is 0 Å². The highest BCUT2D eigenvalue weighted by Gasteiger charge is 2.15. The van der Waals surface area contributed by atoms with Crippen LogP contribution >= 0.6 is 11.3 Å². The Kier molecular flexibility index (Phi) is 7.18. The van der Waals surface area contributed by atoms with Gasteiger partial charge in [-0.1, -0.05) is 41.7 Å². The van der Waals surface area contributed by atoms with E-state index in [9.17, 15) is 9.18 Å². The highest BCUT2D eigenvalue weighted by atomic mass is 32.1. The van der Waals surface area contributed by atoms with Gasteiger partial charge in [0.2, 0.25) is 5.01 Å². The van der Waals surface area contributed by atoms with Gasteiger partial charge < -0.3 is 11.1 Å². The normalized spacial score (nSPS) is 11.0. The van der Waals surface area contributed by atoms with E-state index in [0.717, 1.165) is 24.5 Å². The number of carbonyl (C=O) groups excluding carboxylic acids is 1. The molecule has 0 fully saturated rings. The first-order chi connectivity index (χ1) is 13.6. The fourth-order valence-corrected chi connectivity index (χ4v) is 3.48. The van der Waals surface area contributed by atoms with Gasteiger partial charge in [-0.15, -0.1) is 10.2 Å². The molecule has 0 aliphatic rings. The van der Waals surface area contributed by atoms with E-state index in [1.165, 1.54) is 41.2 Å². The largest absolute Gasteiger partial charge is 0.329 e. The maximum absolute atomic E-state index is 13.0. The zero-order chi connectivity index (χ0) is 19.8. The van der Waals surface area contributed by atoms with E-state index in [0.29, 0.717) is 18.8 Å². The molecule has 0 saturated heterocycles. The van der Waals surface area contributed by atoms with Crippen molar-refractivity contribution in [2.45, 2.75) is 13.0 Å². The van der Waals surface area contributed by atoms with E-state index in [2.05, 4.69) is 32.5 Å². The Hall–Kier alpha value is -2.68. The van der Waals surface area contributed by atoms with Gasteiger partial charge in [-0.05, 0) is 36.2 Å². The van der Waals surface area contributed by atoms with Gasteiger partial charge in [0.05, 0.1) is 6.54 Å². The number of amides is 1. The molecule has 1 heterocycles. The van der Waals surface area contributed by atoms with E-state index in [4.69, 9.17) is 5.73 Å². The Morgan fingerprint density at radius 2 is 1.82 bits per heavy atom. The van der Waals surface area contributed by atoms with Crippen LogP contribution in [-0.2, 0) is 13.0 Å². The Morgan fingerprint density at radius 3 is 2.54 bits per heavy atom. The SMILES string of the molecule is NCCN(CCc1ccccc1)Cc1nnc(C(=O)Nc2ccc(F)cc2)s1. The van der Waals surface area contributed by atoms with Crippen LogP contribution in [0.1, 0.15) is 20.4 Å². The second kappa shape index (κ2) is 10.0. The molecule has 0 aliphatic heterocycles. The molecule has 8 heteroatoms. The van der Waals surface area contributed by atoms with E-state index in [1.54, 1.807) is 0 Å². The van der Waals surface area contributed by atoms with Crippen molar-refractivity contribution in [3.8, 4) is 0 Å². The molecule has 6 nitrogen and oxygen atoms in total. The van der Waals surface area contributed by atoms with Crippen molar-refractivity contribution in [3.63, 3.8) is 0 Å². The highest BCUT2D eigenvalue weighted by Crippen LogP contribution is 2.16. The first kappa shape index (κ1) is 20.1. The number of anilines is 1. The van der Waals surface area contributed by atoms with Crippen molar-refractivity contribution in [1.29, 1.82) is 0 Å². The summed E-state index contributed by atoms with van der Waals surface area (Å²) in [5.41, 5.74) is 7.51. The van der Waals surface area contributed by atoms with Crippen LogP contribution in [0.25, 0.3) is 0 Å². The molecular weight excluding hydrogens is 377 g/mol. The number of nitrogens with zero attached hydrogens (tertiary/aromatic N) is 3. The van der Waals surface area contributed by atoms with Crippen molar-refractivity contribution in [1.82, 2.24) is 15.1 Å². The summed E-state index contributed by atoms with van der Waals surface area (Å²) in [6, 6.07) is 15.8. The number of carbonyl (C=O) groups is 1. The lowest BCUT2D eigenvalue weighted by atomic mass is 10.1. The molecule has 28 heavy (non-hydrogen) atoms. The molecule has 0 radical (unpaired) electrons. The average Bonchev–Trinajstić information content (AvgIpc) is 3.18. The van der Waals surface area contributed by atoms with Gasteiger partial charge in [-0.2, -0.15) is 0 Å². The van der Waals surface area contributed by atoms with E-state index < -0.39 is 0 Å². The fraction of sp³-hybridized carbons (Fsp3) is 0.250. The first-order valence-electron chi connectivity index (χ1n) is 8.99. The molecule has 0 aliphatic carbocycles. The number of hydrogen-bond donors (Lipinski definition) is 2. The average molecular weight is 399 g/mol. The van der Waals surface area contributed by atoms with Gasteiger partial charge in [-0.3, -0.25) is 9.69 Å². The third-order valence-electron chi connectivity index (χ3n) is 4.13. The minimum absolute atomic E-state index is 0.273. The predicted octanol–water partition coefficient (Wildman–Crippen LogP) is 2.93. The second-order valence-corrected chi connectivity index (χ2v) is 7.32. The fourth-order valence-electron chi connectivity index (χ4n) is 2.70. The molecule has 1 aromatic heterocycles. The topological polar surface area (TPSA) is 84.1 Å². The summed E-state index contributed by atoms with van der Waals surface area (Å²) >= 11 is 1.25. The lowest BCUT2D eigenvalue weighted by molar-refractivity contribution is 0.102. The van der Waals surface area contributed by atoms with Gasteiger partial charge in [0.25, 0.3) is 5.91 Å². The molecule has 2 aromatic carbocycles. The molecule has 3 aromatic rings. The minimum Gasteiger partial charge on any atom is -0.329 e. The lowest BCUT2D eigenvalue weighted by Crippen LogP contribution is -2.31. The van der Waals surface area contributed by atoms with Crippen molar-refractivity contribution in [3.05, 3.63) is 76.0 Å². The zero-order valence-electron chi connectivity index (χ0n) is 15.3. The van der Waals surface area contributed by atoms with Crippen LogP contribution in [0.2, 0.25) is 0 Å². The van der Waals surface area contributed by atoms with Gasteiger partial charge >= 0.3 is 0 Å². The standard InChI is InChI=1S/C20H22FN5OS/c21-16-6-8-17(9-7-16)23-19(27)20-25-24-18(28-20)14-26(13-11-22)12-10-15-4-2-1-3-5-15/h1-9H,10-14,22H2,(H,23,27). The Morgan fingerprint density at radius 1 is 1.07 bits per heavy atom. The van der Waals surface area contributed by atoms with Crippen molar-refractivity contribution >= 4 is 22.9 Å². The summed E-state index contributed by atoms with van der Waals surface area (Å²) < 4.78 is 13.0. The van der Waals surface area contributed by atoms with Crippen molar-refractivity contribution in [2.75, 3.05) is 25.0 Å². The van der Waals surface area contributed by atoms with Gasteiger partial charge in [0.1, 0.15) is 10.8 Å². The maximum atomic E-state index is 13.0. The molecule has 0 unspecified atom stereocenters. The molecular formula is C20H22FN5OS. The number of halogens is 1. The first-order valence-corrected chi connectivity index (χ1v) is 9.81. The Balaban J connectivity index is 1.57. The van der Waals surface area contributed by atoms with E-state index in [-0.39, 0.29) is 16.7 Å². The Bertz CT molecular complexity index is 885. The van der Waals surface area contributed by atoms with E-state index in [1.807, 2.05) is 18.2 Å². The maximum Gasteiger partial charge on any atom is 0.286 e. The molecule has 3 rings (SSSR count). The molecule has 0 atom stereocenters. The lowest BCUT2D eigenvalue weighted by Gasteiger charge is -2.20. The summed E-state index contributed by atoms with van der Waals surface area (Å²) in [7, 11) is 0. The molecule has 0 saturated carbocycles. The molecule has 1 amide bonds. The van der Waals surface area contributed by atoms with Crippen LogP contribution in [0.15, 0.2) is 54.6 Å². The van der Waals surface area contributed by atoms with Crippen LogP contribution in [0, 0.1) is 5.82 Å². The second-order valence-electron chi connectivity index (χ2n) is 6.26. The summed E-state index contributed by atoms with van der Waals surface area (Å²) in [4.78, 5) is 14.5. The zero-order valence-corrected chi connectivity index (χ0v) is 16.2. The quantitative estimate of drug-likeness (QED) is 0.578. The number of hydrogen-bond acceptors (Lipinski definition) is 6. The smallest absolute Gasteiger partial charge is 0.286 e. The number of nitrogens with one attached hydrogen (secondary N) is 1. The van der Waals surface area contributed by atoms with Gasteiger partial charge in [-0.25, -0.2) is 4.39 Å². The minimum atomic E-state index is -0.356. The summed E-state index contributed by atoms with van der Waals surface area (Å²) in [6.07, 6.45) is 0.914. The molecule has 0 bridgehead atoms. The molecule has 146 valence electrons. The number of rotatable bonds is 9. The van der Waals surface area contributed by atoms with Gasteiger partial charge in [0, 0.05) is 25.3 Å². The third-order valence-corrected chi connectivity index (χ3v) is 5.03. The number of aromatic nitrogens is 2. The molecule has 0 spiro atoms. The van der Waals surface area contributed by atoms with E-state index >= 15 is 0 Å². The van der Waals surface area contributed by atoms with Crippen LogP contribution < -0.4 is 11.1 Å². The molecule has 3 N–H and O–H groups in total. The Labute approximate surface area is 167 Å². The number of benzene rings is 2. The van der Waals surface area contributed by atoms with Crippen molar-refractivity contribution < 1.29 is 9.18 Å². The number of nitrogens with two attached hydrogens (primary N) is 1. The third kappa shape index (κ3) is 5.91. The predicted molar refractivity (Wildman–Crippen MR) is 109 cm³/mol. The van der Waals surface area contributed by atoms with Crippen LogP contribution in [0.5, 0.6) is 0 Å². The summed E-state index contributed by atoms with van der Waals surface area (Å²) in [5.74, 6) is -0.711. The van der Waals surface area contributed by atoms with Crippen LogP contribution in [-0.4, -0.2) is 40.6 Å². The van der Waals surface area contributed by atoms with Crippen molar-refractivity contribution in [2.24, 2.45) is 5.73 Å². The van der Waals surface area contributed by atoms with Crippen LogP contribution in [0.3, 0.4) is 0 Å². The summed E-state index contributed by atoms with van der Waals surface area (Å²) in [6.45, 7) is 2.72.